The van der Waals surface area contributed by atoms with Gasteiger partial charge in [0.2, 0.25) is 0 Å². The molecule has 2 aromatic rings. The Morgan fingerprint density at radius 1 is 1.06 bits per heavy atom. The highest BCUT2D eigenvalue weighted by Crippen LogP contribution is 2.34. The van der Waals surface area contributed by atoms with Crippen LogP contribution < -0.4 is 14.8 Å². The molecule has 34 heavy (non-hydrogen) atoms. The summed E-state index contributed by atoms with van der Waals surface area (Å²) in [7, 11) is 1.74. The van der Waals surface area contributed by atoms with Crippen LogP contribution in [0, 0.1) is 0 Å². The molecule has 0 spiro atoms. The van der Waals surface area contributed by atoms with Gasteiger partial charge in [0, 0.05) is 32.4 Å². The summed E-state index contributed by atoms with van der Waals surface area (Å²) >= 11 is 12.1. The van der Waals surface area contributed by atoms with E-state index in [2.05, 4.69) is 10.2 Å². The van der Waals surface area contributed by atoms with Gasteiger partial charge in [-0.15, -0.1) is 0 Å². The molecular weight excluding hydrogens is 496 g/mol. The number of amides is 1. The molecule has 0 aliphatic carbocycles. The number of halogens is 5. The number of carbonyl (C=O) groups is 1. The molecular formula is C23H25Cl2F3N2O4. The molecule has 11 heteroatoms. The summed E-state index contributed by atoms with van der Waals surface area (Å²) in [4.78, 5) is 14.5. The zero-order chi connectivity index (χ0) is 24.7. The second kappa shape index (κ2) is 12.0. The van der Waals surface area contributed by atoms with Crippen LogP contribution >= 0.6 is 23.2 Å². The van der Waals surface area contributed by atoms with Gasteiger partial charge < -0.3 is 19.5 Å². The average Bonchev–Trinajstić information content (AvgIpc) is 2.79. The van der Waals surface area contributed by atoms with Gasteiger partial charge in [0.1, 0.15) is 18.1 Å². The van der Waals surface area contributed by atoms with Gasteiger partial charge in [-0.2, -0.15) is 13.2 Å². The van der Waals surface area contributed by atoms with Crippen molar-refractivity contribution in [3.05, 3.63) is 52.0 Å². The summed E-state index contributed by atoms with van der Waals surface area (Å²) < 4.78 is 54.5. The number of alkyl halides is 3. The molecule has 0 aromatic heterocycles. The molecule has 3 rings (SSSR count). The van der Waals surface area contributed by atoms with Gasteiger partial charge in [0.25, 0.3) is 5.91 Å². The third-order valence-electron chi connectivity index (χ3n) is 5.37. The number of likely N-dealkylation sites (tertiary alicyclic amines) is 1. The largest absolute Gasteiger partial charge is 0.491 e. The number of piperidine rings is 1. The van der Waals surface area contributed by atoms with Crippen LogP contribution in [0.25, 0.3) is 0 Å². The first kappa shape index (κ1) is 26.4. The Morgan fingerprint density at radius 2 is 1.71 bits per heavy atom. The number of benzene rings is 2. The highest BCUT2D eigenvalue weighted by atomic mass is 35.5. The number of hydrogen-bond donors (Lipinski definition) is 1. The first-order valence-corrected chi connectivity index (χ1v) is 11.4. The minimum Gasteiger partial charge on any atom is -0.491 e. The van der Waals surface area contributed by atoms with E-state index in [-0.39, 0.29) is 10.8 Å². The molecule has 1 amide bonds. The van der Waals surface area contributed by atoms with E-state index < -0.39 is 24.3 Å². The van der Waals surface area contributed by atoms with Gasteiger partial charge in [-0.25, -0.2) is 0 Å². The van der Waals surface area contributed by atoms with Crippen molar-refractivity contribution < 1.29 is 32.2 Å². The number of ether oxygens (including phenoxy) is 3. The Morgan fingerprint density at radius 3 is 2.32 bits per heavy atom. The van der Waals surface area contributed by atoms with Crippen LogP contribution in [0.15, 0.2) is 36.4 Å². The number of methoxy groups -OCH3 is 1. The first-order valence-electron chi connectivity index (χ1n) is 10.6. The number of rotatable bonds is 9. The van der Waals surface area contributed by atoms with Crippen molar-refractivity contribution in [1.82, 2.24) is 4.90 Å². The lowest BCUT2D eigenvalue weighted by atomic mass is 10.1. The van der Waals surface area contributed by atoms with Crippen molar-refractivity contribution in [2.24, 2.45) is 0 Å². The summed E-state index contributed by atoms with van der Waals surface area (Å²) in [6.45, 7) is 2.72. The number of anilines is 1. The van der Waals surface area contributed by atoms with Crippen LogP contribution in [0.4, 0.5) is 18.9 Å². The minimum atomic E-state index is -4.52. The molecule has 2 aromatic carbocycles. The molecule has 1 fully saturated rings. The van der Waals surface area contributed by atoms with Gasteiger partial charge in [-0.1, -0.05) is 23.2 Å². The first-order chi connectivity index (χ1) is 16.2. The molecule has 1 saturated heterocycles. The average molecular weight is 521 g/mol. The lowest BCUT2D eigenvalue weighted by molar-refractivity contribution is -0.137. The highest BCUT2D eigenvalue weighted by molar-refractivity contribution is 6.32. The van der Waals surface area contributed by atoms with E-state index in [0.29, 0.717) is 29.2 Å². The van der Waals surface area contributed by atoms with E-state index >= 15 is 0 Å². The fourth-order valence-electron chi connectivity index (χ4n) is 3.48. The predicted molar refractivity (Wildman–Crippen MR) is 124 cm³/mol. The van der Waals surface area contributed by atoms with Crippen LogP contribution in [0.3, 0.4) is 0 Å². The van der Waals surface area contributed by atoms with Gasteiger partial charge in [0.05, 0.1) is 21.7 Å². The van der Waals surface area contributed by atoms with Crippen LogP contribution in [-0.4, -0.2) is 56.9 Å². The quantitative estimate of drug-likeness (QED) is 0.471. The Bertz CT molecular complexity index is 983. The summed E-state index contributed by atoms with van der Waals surface area (Å²) in [5.41, 5.74) is -0.479. The zero-order valence-electron chi connectivity index (χ0n) is 18.5. The van der Waals surface area contributed by atoms with Crippen LogP contribution in [0.2, 0.25) is 10.0 Å². The van der Waals surface area contributed by atoms with Crippen molar-refractivity contribution in [3.8, 4) is 11.5 Å². The third-order valence-corrected chi connectivity index (χ3v) is 5.96. The molecule has 1 N–H and O–H groups in total. The van der Waals surface area contributed by atoms with Gasteiger partial charge in [0.15, 0.2) is 6.61 Å². The summed E-state index contributed by atoms with van der Waals surface area (Å²) in [5, 5.41) is 2.70. The predicted octanol–water partition coefficient (Wildman–Crippen LogP) is 5.52. The molecule has 0 bridgehead atoms. The van der Waals surface area contributed by atoms with E-state index in [1.54, 1.807) is 25.3 Å². The number of hydrogen-bond acceptors (Lipinski definition) is 5. The lowest BCUT2D eigenvalue weighted by Crippen LogP contribution is -2.38. The minimum absolute atomic E-state index is 0.0296. The van der Waals surface area contributed by atoms with Gasteiger partial charge >= 0.3 is 6.18 Å². The summed E-state index contributed by atoms with van der Waals surface area (Å²) in [6.07, 6.45) is -2.19. The molecule has 6 nitrogen and oxygen atoms in total. The third kappa shape index (κ3) is 7.66. The van der Waals surface area contributed by atoms with E-state index in [1.807, 2.05) is 0 Å². The lowest BCUT2D eigenvalue weighted by Gasteiger charge is -2.30. The Labute approximate surface area is 205 Å². The topological polar surface area (TPSA) is 60.0 Å². The molecule has 1 aliphatic rings. The molecule has 0 saturated carbocycles. The number of nitrogens with zero attached hydrogens (tertiary/aromatic N) is 1. The fourth-order valence-corrected chi connectivity index (χ4v) is 3.95. The Hall–Kier alpha value is -2.20. The smallest absolute Gasteiger partial charge is 0.416 e. The Balaban J connectivity index is 1.44. The van der Waals surface area contributed by atoms with Crippen LogP contribution in [-0.2, 0) is 15.7 Å². The van der Waals surface area contributed by atoms with Crippen LogP contribution in [0.1, 0.15) is 18.4 Å². The van der Waals surface area contributed by atoms with E-state index in [9.17, 15) is 18.0 Å². The van der Waals surface area contributed by atoms with E-state index in [1.165, 1.54) is 0 Å². The normalized spacial score (nSPS) is 15.2. The monoisotopic (exact) mass is 520 g/mol. The van der Waals surface area contributed by atoms with E-state index in [4.69, 9.17) is 37.4 Å². The number of nitrogens with one attached hydrogen (secondary N) is 1. The fraction of sp³-hybridized carbons (Fsp3) is 0.435. The molecule has 0 unspecified atom stereocenters. The van der Waals surface area contributed by atoms with Crippen molar-refractivity contribution >= 4 is 34.8 Å². The molecule has 0 radical (unpaired) electrons. The highest BCUT2D eigenvalue weighted by Gasteiger charge is 2.31. The second-order valence-corrected chi connectivity index (χ2v) is 8.56. The van der Waals surface area contributed by atoms with Crippen molar-refractivity contribution in [2.45, 2.75) is 25.1 Å². The molecule has 1 heterocycles. The van der Waals surface area contributed by atoms with E-state index in [0.717, 1.165) is 50.7 Å². The molecule has 0 atom stereocenters. The van der Waals surface area contributed by atoms with Crippen molar-refractivity contribution in [3.63, 3.8) is 0 Å². The van der Waals surface area contributed by atoms with Crippen molar-refractivity contribution in [1.29, 1.82) is 0 Å². The van der Waals surface area contributed by atoms with Crippen LogP contribution in [0.5, 0.6) is 11.5 Å². The maximum atomic E-state index is 12.7. The Kier molecular flexibility index (Phi) is 9.30. The SMILES string of the molecule is COC1CCN(CCOc2ccc(NC(=O)COc3ccc(C(F)(F)F)cc3Cl)cc2Cl)CC1. The molecule has 186 valence electrons. The molecule has 1 aliphatic heterocycles. The standard InChI is InChI=1S/C23H25Cl2F3N2O4/c1-32-17-6-8-30(9-7-17)10-11-33-20-5-3-16(13-19(20)25)29-22(31)14-34-21-4-2-15(12-18(21)24)23(26,27)28/h2-5,12-13,17H,6-11,14H2,1H3,(H,29,31). The maximum absolute atomic E-state index is 12.7. The van der Waals surface area contributed by atoms with Gasteiger partial charge in [-0.3, -0.25) is 9.69 Å². The second-order valence-electron chi connectivity index (χ2n) is 7.75. The van der Waals surface area contributed by atoms with Crippen molar-refractivity contribution in [2.75, 3.05) is 45.3 Å². The summed E-state index contributed by atoms with van der Waals surface area (Å²) in [6, 6.07) is 7.48. The summed E-state index contributed by atoms with van der Waals surface area (Å²) in [5.74, 6) is -0.0579. The maximum Gasteiger partial charge on any atom is 0.416 e. The van der Waals surface area contributed by atoms with Gasteiger partial charge in [-0.05, 0) is 49.2 Å². The zero-order valence-corrected chi connectivity index (χ0v) is 20.0. The number of carbonyl (C=O) groups excluding carboxylic acids is 1.